The Kier molecular flexibility index (Phi) is 5.99. The van der Waals surface area contributed by atoms with Crippen LogP contribution in [0.3, 0.4) is 0 Å². The number of hydrogen-bond donors (Lipinski definition) is 2. The standard InChI is InChI=1S/C22H19N3O4S2/c1-15-19(9-10-20(24-15)21-8-4-12-30-21)22(26)25-16-5-2-7-18(13-16)31(27,28)23-14-17-6-3-11-29-17/h2-13,23H,14H2,1H3,(H,25,26). The third-order valence-electron chi connectivity index (χ3n) is 4.52. The molecule has 0 aliphatic heterocycles. The molecule has 9 heteroatoms. The number of benzene rings is 1. The van der Waals surface area contributed by atoms with Gasteiger partial charge in [-0.2, -0.15) is 0 Å². The lowest BCUT2D eigenvalue weighted by Gasteiger charge is -2.10. The third-order valence-corrected chi connectivity index (χ3v) is 6.81. The van der Waals surface area contributed by atoms with Crippen molar-refractivity contribution in [3.05, 3.63) is 89.3 Å². The summed E-state index contributed by atoms with van der Waals surface area (Å²) in [5.41, 5.74) is 2.18. The van der Waals surface area contributed by atoms with Crippen molar-refractivity contribution in [2.45, 2.75) is 18.4 Å². The zero-order valence-corrected chi connectivity index (χ0v) is 18.2. The van der Waals surface area contributed by atoms with E-state index in [1.165, 1.54) is 18.4 Å². The molecule has 0 radical (unpaired) electrons. The molecule has 31 heavy (non-hydrogen) atoms. The molecule has 4 aromatic rings. The first kappa shape index (κ1) is 21.0. The zero-order chi connectivity index (χ0) is 21.8. The van der Waals surface area contributed by atoms with Gasteiger partial charge in [0.05, 0.1) is 39.5 Å². The lowest BCUT2D eigenvalue weighted by atomic mass is 10.1. The summed E-state index contributed by atoms with van der Waals surface area (Å²) in [6.07, 6.45) is 1.48. The molecule has 4 rings (SSSR count). The van der Waals surface area contributed by atoms with E-state index in [9.17, 15) is 13.2 Å². The van der Waals surface area contributed by atoms with E-state index >= 15 is 0 Å². The van der Waals surface area contributed by atoms with Crippen molar-refractivity contribution in [3.63, 3.8) is 0 Å². The van der Waals surface area contributed by atoms with Crippen molar-refractivity contribution >= 4 is 33.0 Å². The molecule has 0 atom stereocenters. The van der Waals surface area contributed by atoms with Crippen molar-refractivity contribution in [2.75, 3.05) is 5.32 Å². The number of hydrogen-bond acceptors (Lipinski definition) is 6. The first-order chi connectivity index (χ1) is 14.9. The van der Waals surface area contributed by atoms with Crippen LogP contribution in [0.2, 0.25) is 0 Å². The smallest absolute Gasteiger partial charge is 0.257 e. The fourth-order valence-corrected chi connectivity index (χ4v) is 4.70. The van der Waals surface area contributed by atoms with Gasteiger partial charge in [0.15, 0.2) is 0 Å². The zero-order valence-electron chi connectivity index (χ0n) is 16.5. The minimum absolute atomic E-state index is 0.0351. The lowest BCUT2D eigenvalue weighted by Crippen LogP contribution is -2.23. The highest BCUT2D eigenvalue weighted by Gasteiger charge is 2.17. The summed E-state index contributed by atoms with van der Waals surface area (Å²) >= 11 is 1.58. The van der Waals surface area contributed by atoms with Gasteiger partial charge in [-0.05, 0) is 60.8 Å². The Bertz CT molecular complexity index is 1300. The average Bonchev–Trinajstić information content (AvgIpc) is 3.46. The molecule has 0 unspecified atom stereocenters. The van der Waals surface area contributed by atoms with Gasteiger partial charge in [-0.1, -0.05) is 12.1 Å². The molecule has 3 aromatic heterocycles. The lowest BCUT2D eigenvalue weighted by molar-refractivity contribution is 0.102. The first-order valence-electron chi connectivity index (χ1n) is 9.37. The van der Waals surface area contributed by atoms with Crippen LogP contribution < -0.4 is 10.0 Å². The largest absolute Gasteiger partial charge is 0.468 e. The van der Waals surface area contributed by atoms with Gasteiger partial charge in [0, 0.05) is 5.69 Å². The summed E-state index contributed by atoms with van der Waals surface area (Å²) in [6, 6.07) is 16.9. The van der Waals surface area contributed by atoms with E-state index in [4.69, 9.17) is 4.42 Å². The van der Waals surface area contributed by atoms with Gasteiger partial charge in [0.1, 0.15) is 5.76 Å². The highest BCUT2D eigenvalue weighted by atomic mass is 32.2. The van der Waals surface area contributed by atoms with E-state index in [2.05, 4.69) is 15.0 Å². The molecule has 1 amide bonds. The molecule has 7 nitrogen and oxygen atoms in total. The monoisotopic (exact) mass is 453 g/mol. The maximum absolute atomic E-state index is 12.7. The van der Waals surface area contributed by atoms with Crippen LogP contribution in [0.1, 0.15) is 21.8 Å². The number of pyridine rings is 1. The van der Waals surface area contributed by atoms with E-state index in [1.54, 1.807) is 54.7 Å². The van der Waals surface area contributed by atoms with Crippen LogP contribution in [0.5, 0.6) is 0 Å². The number of amides is 1. The summed E-state index contributed by atoms with van der Waals surface area (Å²) < 4.78 is 32.7. The van der Waals surface area contributed by atoms with Gasteiger partial charge < -0.3 is 9.73 Å². The van der Waals surface area contributed by atoms with E-state index in [0.717, 1.165) is 10.6 Å². The maximum atomic E-state index is 12.7. The number of aryl methyl sites for hydroxylation is 1. The summed E-state index contributed by atoms with van der Waals surface area (Å²) in [4.78, 5) is 18.3. The number of aromatic nitrogens is 1. The topological polar surface area (TPSA) is 101 Å². The minimum Gasteiger partial charge on any atom is -0.468 e. The Morgan fingerprint density at radius 3 is 2.68 bits per heavy atom. The molecule has 0 aliphatic carbocycles. The molecule has 0 saturated carbocycles. The van der Waals surface area contributed by atoms with Crippen LogP contribution in [-0.4, -0.2) is 19.3 Å². The number of thiophene rings is 1. The Balaban J connectivity index is 1.49. The molecule has 2 N–H and O–H groups in total. The van der Waals surface area contributed by atoms with Crippen LogP contribution in [0, 0.1) is 6.92 Å². The second kappa shape index (κ2) is 8.84. The summed E-state index contributed by atoms with van der Waals surface area (Å²) in [7, 11) is -3.77. The molecule has 158 valence electrons. The number of carbonyl (C=O) groups is 1. The van der Waals surface area contributed by atoms with Crippen molar-refractivity contribution in [1.82, 2.24) is 9.71 Å². The second-order valence-electron chi connectivity index (χ2n) is 6.69. The maximum Gasteiger partial charge on any atom is 0.257 e. The fourth-order valence-electron chi connectivity index (χ4n) is 2.96. The van der Waals surface area contributed by atoms with Gasteiger partial charge in [0.25, 0.3) is 5.91 Å². The summed E-state index contributed by atoms with van der Waals surface area (Å²) in [5, 5.41) is 4.72. The predicted molar refractivity (Wildman–Crippen MR) is 119 cm³/mol. The number of furan rings is 1. The average molecular weight is 454 g/mol. The fraction of sp³-hybridized carbons (Fsp3) is 0.0909. The molecule has 1 aromatic carbocycles. The van der Waals surface area contributed by atoms with Gasteiger partial charge >= 0.3 is 0 Å². The van der Waals surface area contributed by atoms with Gasteiger partial charge in [0.2, 0.25) is 10.0 Å². The first-order valence-corrected chi connectivity index (χ1v) is 11.7. The Morgan fingerprint density at radius 1 is 1.10 bits per heavy atom. The molecule has 3 heterocycles. The summed E-state index contributed by atoms with van der Waals surface area (Å²) in [6.45, 7) is 1.80. The molecular weight excluding hydrogens is 434 g/mol. The predicted octanol–water partition coefficient (Wildman–Crippen LogP) is 4.44. The number of nitrogens with one attached hydrogen (secondary N) is 2. The van der Waals surface area contributed by atoms with Gasteiger partial charge in [-0.25, -0.2) is 13.1 Å². The van der Waals surface area contributed by atoms with Crippen LogP contribution in [0.15, 0.2) is 81.6 Å². The number of sulfonamides is 1. The van der Waals surface area contributed by atoms with Crippen molar-refractivity contribution in [1.29, 1.82) is 0 Å². The molecule has 0 bridgehead atoms. The Morgan fingerprint density at radius 2 is 1.97 bits per heavy atom. The molecular formula is C22H19N3O4S2. The Labute approximate surface area is 183 Å². The van der Waals surface area contributed by atoms with Crippen LogP contribution in [-0.2, 0) is 16.6 Å². The molecule has 0 aliphatic rings. The van der Waals surface area contributed by atoms with E-state index in [1.807, 2.05) is 17.5 Å². The number of anilines is 1. The van der Waals surface area contributed by atoms with Gasteiger partial charge in [-0.15, -0.1) is 11.3 Å². The Hall–Kier alpha value is -3.27. The van der Waals surface area contributed by atoms with Crippen molar-refractivity contribution in [2.24, 2.45) is 0 Å². The SMILES string of the molecule is Cc1nc(-c2cccs2)ccc1C(=O)Nc1cccc(S(=O)(=O)NCc2ccco2)c1. The molecule has 0 saturated heterocycles. The third kappa shape index (κ3) is 4.91. The van der Waals surface area contributed by atoms with E-state index in [-0.39, 0.29) is 17.3 Å². The second-order valence-corrected chi connectivity index (χ2v) is 9.41. The number of nitrogens with zero attached hydrogens (tertiary/aromatic N) is 1. The van der Waals surface area contributed by atoms with Crippen LogP contribution in [0.25, 0.3) is 10.6 Å². The molecule has 0 spiro atoms. The number of rotatable bonds is 7. The van der Waals surface area contributed by atoms with Crippen LogP contribution in [0.4, 0.5) is 5.69 Å². The van der Waals surface area contributed by atoms with E-state index in [0.29, 0.717) is 22.7 Å². The quantitative estimate of drug-likeness (QED) is 0.431. The normalized spacial score (nSPS) is 11.4. The number of carbonyl (C=O) groups excluding carboxylic acids is 1. The van der Waals surface area contributed by atoms with Crippen molar-refractivity contribution < 1.29 is 17.6 Å². The minimum atomic E-state index is -3.77. The highest BCUT2D eigenvalue weighted by Crippen LogP contribution is 2.24. The van der Waals surface area contributed by atoms with Crippen molar-refractivity contribution in [3.8, 4) is 10.6 Å². The highest BCUT2D eigenvalue weighted by molar-refractivity contribution is 7.89. The summed E-state index contributed by atoms with van der Waals surface area (Å²) in [5.74, 6) is 0.142. The van der Waals surface area contributed by atoms with Gasteiger partial charge in [-0.3, -0.25) is 9.78 Å². The van der Waals surface area contributed by atoms with E-state index < -0.39 is 10.0 Å². The molecule has 0 fully saturated rings. The van der Waals surface area contributed by atoms with Crippen LogP contribution >= 0.6 is 11.3 Å².